The third-order valence-electron chi connectivity index (χ3n) is 1.90. The predicted molar refractivity (Wildman–Crippen MR) is 58.5 cm³/mol. The number of rotatable bonds is 4. The molecule has 0 fully saturated rings. The Morgan fingerprint density at radius 2 is 2.23 bits per heavy atom. The Labute approximate surface area is 80.5 Å². The molecule has 1 heteroatoms. The van der Waals surface area contributed by atoms with Crippen LogP contribution in [-0.2, 0) is 6.54 Å². The van der Waals surface area contributed by atoms with E-state index in [-0.39, 0.29) is 0 Å². The molecule has 0 aliphatic carbocycles. The lowest BCUT2D eigenvalue weighted by Crippen LogP contribution is -2.21. The summed E-state index contributed by atoms with van der Waals surface area (Å²) in [5.41, 5.74) is 2.49. The van der Waals surface area contributed by atoms with E-state index in [1.54, 1.807) is 0 Å². The Balaban J connectivity index is 2.61. The van der Waals surface area contributed by atoms with Crippen LogP contribution in [0.2, 0.25) is 0 Å². The Morgan fingerprint density at radius 1 is 1.46 bits per heavy atom. The summed E-state index contributed by atoms with van der Waals surface area (Å²) in [6.07, 6.45) is 1.87. The summed E-state index contributed by atoms with van der Waals surface area (Å²) in [6, 6.07) is 8.94. The first kappa shape index (κ1) is 10.0. The van der Waals surface area contributed by atoms with Gasteiger partial charge in [0.15, 0.2) is 0 Å². The van der Waals surface area contributed by atoms with Crippen molar-refractivity contribution in [3.63, 3.8) is 0 Å². The molecule has 0 heterocycles. The highest BCUT2D eigenvalue weighted by Gasteiger charge is 1.95. The van der Waals surface area contributed by atoms with Gasteiger partial charge in [0, 0.05) is 12.6 Å². The van der Waals surface area contributed by atoms with Crippen LogP contribution in [0.5, 0.6) is 0 Å². The van der Waals surface area contributed by atoms with Crippen molar-refractivity contribution >= 4 is 6.08 Å². The normalized spacial score (nSPS) is 10.4. The third kappa shape index (κ3) is 3.43. The molecule has 0 atom stereocenters. The van der Waals surface area contributed by atoms with E-state index in [9.17, 15) is 0 Å². The molecule has 1 aromatic carbocycles. The number of hydrogen-bond acceptors (Lipinski definition) is 1. The predicted octanol–water partition coefficient (Wildman–Crippen LogP) is 2.83. The third-order valence-corrected chi connectivity index (χ3v) is 1.90. The van der Waals surface area contributed by atoms with E-state index < -0.39 is 0 Å². The summed E-state index contributed by atoms with van der Waals surface area (Å²) in [6.45, 7) is 8.98. The Kier molecular flexibility index (Phi) is 3.71. The van der Waals surface area contributed by atoms with E-state index in [2.05, 4.69) is 50.0 Å². The van der Waals surface area contributed by atoms with E-state index in [1.807, 2.05) is 6.08 Å². The van der Waals surface area contributed by atoms with Crippen molar-refractivity contribution in [2.45, 2.75) is 26.4 Å². The minimum Gasteiger partial charge on any atom is -0.310 e. The summed E-state index contributed by atoms with van der Waals surface area (Å²) in [4.78, 5) is 0. The maximum absolute atomic E-state index is 3.75. The van der Waals surface area contributed by atoms with E-state index in [0.717, 1.165) is 6.54 Å². The molecule has 1 rings (SSSR count). The monoisotopic (exact) mass is 175 g/mol. The first-order valence-electron chi connectivity index (χ1n) is 4.67. The van der Waals surface area contributed by atoms with Gasteiger partial charge in [0.25, 0.3) is 0 Å². The maximum Gasteiger partial charge on any atom is 0.0208 e. The highest BCUT2D eigenvalue weighted by atomic mass is 14.9. The molecule has 0 bridgehead atoms. The van der Waals surface area contributed by atoms with Crippen LogP contribution in [0.15, 0.2) is 30.8 Å². The van der Waals surface area contributed by atoms with Crippen molar-refractivity contribution in [2.24, 2.45) is 0 Å². The molecule has 0 aliphatic heterocycles. The van der Waals surface area contributed by atoms with Gasteiger partial charge in [-0.25, -0.2) is 0 Å². The van der Waals surface area contributed by atoms with Crippen molar-refractivity contribution in [1.29, 1.82) is 0 Å². The summed E-state index contributed by atoms with van der Waals surface area (Å²) < 4.78 is 0. The fraction of sp³-hybridized carbons (Fsp3) is 0.333. The zero-order chi connectivity index (χ0) is 9.68. The minimum atomic E-state index is 0.535. The van der Waals surface area contributed by atoms with Gasteiger partial charge in [-0.1, -0.05) is 50.8 Å². The van der Waals surface area contributed by atoms with Gasteiger partial charge in [-0.2, -0.15) is 0 Å². The zero-order valence-electron chi connectivity index (χ0n) is 8.38. The average molecular weight is 175 g/mol. The highest BCUT2D eigenvalue weighted by Crippen LogP contribution is 2.06. The van der Waals surface area contributed by atoms with Gasteiger partial charge in [-0.15, -0.1) is 0 Å². The molecular formula is C12H17N. The van der Waals surface area contributed by atoms with Crippen LogP contribution >= 0.6 is 0 Å². The lowest BCUT2D eigenvalue weighted by molar-refractivity contribution is 0.589. The highest BCUT2D eigenvalue weighted by molar-refractivity contribution is 5.47. The first-order chi connectivity index (χ1) is 6.22. The Hall–Kier alpha value is -1.08. The van der Waals surface area contributed by atoms with Crippen molar-refractivity contribution < 1.29 is 0 Å². The lowest BCUT2D eigenvalue weighted by atomic mass is 10.1. The molecule has 0 amide bonds. The van der Waals surface area contributed by atoms with Crippen LogP contribution in [0.25, 0.3) is 6.08 Å². The van der Waals surface area contributed by atoms with E-state index >= 15 is 0 Å². The van der Waals surface area contributed by atoms with Crippen molar-refractivity contribution in [1.82, 2.24) is 5.32 Å². The second-order valence-corrected chi connectivity index (χ2v) is 3.48. The topological polar surface area (TPSA) is 12.0 Å². The molecule has 0 aromatic heterocycles. The quantitative estimate of drug-likeness (QED) is 0.742. The van der Waals surface area contributed by atoms with Crippen LogP contribution in [0.4, 0.5) is 0 Å². The summed E-state index contributed by atoms with van der Waals surface area (Å²) in [7, 11) is 0. The fourth-order valence-electron chi connectivity index (χ4n) is 1.15. The van der Waals surface area contributed by atoms with Gasteiger partial charge < -0.3 is 5.32 Å². The zero-order valence-corrected chi connectivity index (χ0v) is 8.38. The smallest absolute Gasteiger partial charge is 0.0208 e. The number of benzene rings is 1. The van der Waals surface area contributed by atoms with E-state index in [1.165, 1.54) is 11.1 Å². The van der Waals surface area contributed by atoms with Crippen LogP contribution in [0.1, 0.15) is 25.0 Å². The van der Waals surface area contributed by atoms with Crippen molar-refractivity contribution in [3.8, 4) is 0 Å². The van der Waals surface area contributed by atoms with Crippen LogP contribution in [0.3, 0.4) is 0 Å². The first-order valence-corrected chi connectivity index (χ1v) is 4.67. The summed E-state index contributed by atoms with van der Waals surface area (Å²) >= 11 is 0. The molecule has 0 aliphatic rings. The summed E-state index contributed by atoms with van der Waals surface area (Å²) in [5, 5.41) is 3.38. The maximum atomic E-state index is 3.75. The van der Waals surface area contributed by atoms with Gasteiger partial charge in [-0.05, 0) is 11.1 Å². The second kappa shape index (κ2) is 4.83. The van der Waals surface area contributed by atoms with Crippen molar-refractivity contribution in [2.75, 3.05) is 0 Å². The van der Waals surface area contributed by atoms with Crippen molar-refractivity contribution in [3.05, 3.63) is 42.0 Å². The SMILES string of the molecule is C=Cc1cccc(CNC(C)C)c1. The molecule has 0 radical (unpaired) electrons. The fourth-order valence-corrected chi connectivity index (χ4v) is 1.15. The number of nitrogens with one attached hydrogen (secondary N) is 1. The average Bonchev–Trinajstić information content (AvgIpc) is 2.15. The largest absolute Gasteiger partial charge is 0.310 e. The van der Waals surface area contributed by atoms with Gasteiger partial charge in [0.1, 0.15) is 0 Å². The molecule has 70 valence electrons. The molecule has 1 aromatic rings. The van der Waals surface area contributed by atoms with Gasteiger partial charge in [0.05, 0.1) is 0 Å². The van der Waals surface area contributed by atoms with Gasteiger partial charge in [-0.3, -0.25) is 0 Å². The standard InChI is InChI=1S/C12H17N/c1-4-11-6-5-7-12(8-11)9-13-10(2)3/h4-8,10,13H,1,9H2,2-3H3. The number of hydrogen-bond donors (Lipinski definition) is 1. The molecular weight excluding hydrogens is 158 g/mol. The molecule has 0 saturated heterocycles. The van der Waals surface area contributed by atoms with Crippen LogP contribution in [-0.4, -0.2) is 6.04 Å². The molecule has 13 heavy (non-hydrogen) atoms. The molecule has 1 nitrogen and oxygen atoms in total. The summed E-state index contributed by atoms with van der Waals surface area (Å²) in [5.74, 6) is 0. The molecule has 1 N–H and O–H groups in total. The van der Waals surface area contributed by atoms with E-state index in [4.69, 9.17) is 0 Å². The molecule has 0 saturated carbocycles. The van der Waals surface area contributed by atoms with Gasteiger partial charge in [0.2, 0.25) is 0 Å². The van der Waals surface area contributed by atoms with Gasteiger partial charge >= 0.3 is 0 Å². The minimum absolute atomic E-state index is 0.535. The Morgan fingerprint density at radius 3 is 2.85 bits per heavy atom. The second-order valence-electron chi connectivity index (χ2n) is 3.48. The van der Waals surface area contributed by atoms with Crippen LogP contribution in [0, 0.1) is 0 Å². The molecule has 0 spiro atoms. The van der Waals surface area contributed by atoms with E-state index in [0.29, 0.717) is 6.04 Å². The lowest BCUT2D eigenvalue weighted by Gasteiger charge is -2.08. The Bertz CT molecular complexity index is 276. The molecule has 0 unspecified atom stereocenters. The van der Waals surface area contributed by atoms with Crippen LogP contribution < -0.4 is 5.32 Å².